The van der Waals surface area contributed by atoms with E-state index in [-0.39, 0.29) is 5.75 Å². The van der Waals surface area contributed by atoms with Gasteiger partial charge in [-0.15, -0.1) is 0 Å². The van der Waals surface area contributed by atoms with Crippen LogP contribution in [-0.4, -0.2) is 37.0 Å². The molecule has 0 bridgehead atoms. The third kappa shape index (κ3) is 10.3. The van der Waals surface area contributed by atoms with E-state index in [1.807, 2.05) is 0 Å². The fourth-order valence-corrected chi connectivity index (χ4v) is 2.03. The van der Waals surface area contributed by atoms with E-state index in [0.29, 0.717) is 17.3 Å². The van der Waals surface area contributed by atoms with Crippen LogP contribution in [0.2, 0.25) is 0 Å². The minimum atomic E-state index is -3.72. The zero-order valence-electron chi connectivity index (χ0n) is 6.91. The minimum Gasteiger partial charge on any atom is -0.286 e. The number of rotatable bonds is 5. The summed E-state index contributed by atoms with van der Waals surface area (Å²) in [6, 6.07) is 0. The van der Waals surface area contributed by atoms with Crippen LogP contribution in [0.5, 0.6) is 0 Å². The van der Waals surface area contributed by atoms with Crippen LogP contribution >= 0.6 is 0 Å². The lowest BCUT2D eigenvalue weighted by atomic mass is 10.4. The lowest BCUT2D eigenvalue weighted by Crippen LogP contribution is -2.07. The van der Waals surface area contributed by atoms with E-state index in [1.54, 1.807) is 0 Å². The summed E-state index contributed by atoms with van der Waals surface area (Å²) in [6.45, 7) is 0. The smallest absolute Gasteiger partial charge is 0.264 e. The molecule has 3 nitrogen and oxygen atoms in total. The van der Waals surface area contributed by atoms with E-state index in [2.05, 4.69) is 12.5 Å². The molecule has 0 aliphatic carbocycles. The molecule has 0 aliphatic heterocycles. The van der Waals surface area contributed by atoms with Crippen LogP contribution in [0, 0.1) is 0 Å². The third-order valence-electron chi connectivity index (χ3n) is 1.20. The standard InChI is InChI=1S/C6H14O3S2/c1-10(2)5-3-4-6-11(7,8)9/h3-6H2,1-2H3/p+1. The van der Waals surface area contributed by atoms with Crippen molar-refractivity contribution in [2.75, 3.05) is 24.0 Å². The first kappa shape index (κ1) is 11.3. The molecule has 0 amide bonds. The van der Waals surface area contributed by atoms with Crippen molar-refractivity contribution in [3.05, 3.63) is 0 Å². The summed E-state index contributed by atoms with van der Waals surface area (Å²) >= 11 is 0. The van der Waals surface area contributed by atoms with E-state index in [1.165, 1.54) is 0 Å². The van der Waals surface area contributed by atoms with E-state index in [0.717, 1.165) is 12.2 Å². The Balaban J connectivity index is 3.30. The molecular weight excluding hydrogens is 184 g/mol. The Morgan fingerprint density at radius 2 is 1.82 bits per heavy atom. The van der Waals surface area contributed by atoms with Crippen LogP contribution in [0.1, 0.15) is 12.8 Å². The topological polar surface area (TPSA) is 54.4 Å². The van der Waals surface area contributed by atoms with Gasteiger partial charge in [0.2, 0.25) is 0 Å². The average Bonchev–Trinajstić information content (AvgIpc) is 1.78. The summed E-state index contributed by atoms with van der Waals surface area (Å²) in [7, 11) is -3.34. The molecule has 0 aromatic rings. The normalized spacial score (nSPS) is 12.4. The first-order valence-corrected chi connectivity index (χ1v) is 7.23. The molecule has 11 heavy (non-hydrogen) atoms. The van der Waals surface area contributed by atoms with Gasteiger partial charge in [-0.1, -0.05) is 0 Å². The molecule has 0 heterocycles. The van der Waals surface area contributed by atoms with Gasteiger partial charge < -0.3 is 0 Å². The van der Waals surface area contributed by atoms with Gasteiger partial charge in [-0.3, -0.25) is 4.55 Å². The molecule has 0 saturated carbocycles. The summed E-state index contributed by atoms with van der Waals surface area (Å²) < 4.78 is 28.8. The van der Waals surface area contributed by atoms with Gasteiger partial charge in [0.1, 0.15) is 5.75 Å². The monoisotopic (exact) mass is 199 g/mol. The van der Waals surface area contributed by atoms with Gasteiger partial charge in [0.05, 0.1) is 18.3 Å². The Kier molecular flexibility index (Phi) is 5.12. The maximum Gasteiger partial charge on any atom is 0.264 e. The summed E-state index contributed by atoms with van der Waals surface area (Å²) in [5, 5.41) is 0. The lowest BCUT2D eigenvalue weighted by Gasteiger charge is -1.96. The number of unbranched alkanes of at least 4 members (excludes halogenated alkanes) is 1. The van der Waals surface area contributed by atoms with Crippen LogP contribution in [0.3, 0.4) is 0 Å². The van der Waals surface area contributed by atoms with Gasteiger partial charge in [0, 0.05) is 0 Å². The van der Waals surface area contributed by atoms with Crippen molar-refractivity contribution in [2.45, 2.75) is 12.8 Å². The first-order valence-electron chi connectivity index (χ1n) is 3.41. The van der Waals surface area contributed by atoms with Crippen molar-refractivity contribution in [1.82, 2.24) is 0 Å². The van der Waals surface area contributed by atoms with E-state index in [9.17, 15) is 8.42 Å². The number of hydrogen-bond donors (Lipinski definition) is 1. The molecule has 0 aromatic carbocycles. The van der Waals surface area contributed by atoms with Crippen molar-refractivity contribution in [2.24, 2.45) is 0 Å². The molecule has 0 radical (unpaired) electrons. The maximum absolute atomic E-state index is 10.2. The van der Waals surface area contributed by atoms with Crippen molar-refractivity contribution < 1.29 is 13.0 Å². The van der Waals surface area contributed by atoms with Gasteiger partial charge in [0.25, 0.3) is 10.1 Å². The highest BCUT2D eigenvalue weighted by Gasteiger charge is 2.06. The summed E-state index contributed by atoms with van der Waals surface area (Å²) in [5.41, 5.74) is 0. The SMILES string of the molecule is C[S+](C)CCCCS(=O)(=O)O. The molecule has 1 N–H and O–H groups in total. The van der Waals surface area contributed by atoms with E-state index < -0.39 is 10.1 Å². The predicted molar refractivity (Wildman–Crippen MR) is 49.7 cm³/mol. The van der Waals surface area contributed by atoms with E-state index in [4.69, 9.17) is 4.55 Å². The number of hydrogen-bond acceptors (Lipinski definition) is 2. The zero-order valence-corrected chi connectivity index (χ0v) is 8.54. The second-order valence-electron chi connectivity index (χ2n) is 2.68. The Bertz CT molecular complexity index is 184. The zero-order chi connectivity index (χ0) is 8.91. The molecule has 0 fully saturated rings. The molecule has 0 saturated heterocycles. The van der Waals surface area contributed by atoms with Gasteiger partial charge in [-0.2, -0.15) is 8.42 Å². The molecule has 0 aromatic heterocycles. The Morgan fingerprint density at radius 1 is 1.27 bits per heavy atom. The molecule has 5 heteroatoms. The molecule has 0 unspecified atom stereocenters. The first-order chi connectivity index (χ1) is 4.92. The summed E-state index contributed by atoms with van der Waals surface area (Å²) in [6.07, 6.45) is 5.70. The summed E-state index contributed by atoms with van der Waals surface area (Å²) in [4.78, 5) is 0. The minimum absolute atomic E-state index is 0.0931. The van der Waals surface area contributed by atoms with Gasteiger partial charge in [-0.25, -0.2) is 0 Å². The van der Waals surface area contributed by atoms with E-state index >= 15 is 0 Å². The molecule has 0 atom stereocenters. The molecule has 0 aliphatic rings. The molecule has 0 rings (SSSR count). The fourth-order valence-electron chi connectivity index (χ4n) is 0.675. The molecule has 0 spiro atoms. The highest BCUT2D eigenvalue weighted by atomic mass is 32.2. The molecular formula is C6H15O3S2+. The van der Waals surface area contributed by atoms with Gasteiger partial charge in [-0.05, 0) is 23.7 Å². The second-order valence-corrected chi connectivity index (χ2v) is 6.63. The van der Waals surface area contributed by atoms with Gasteiger partial charge >= 0.3 is 0 Å². The van der Waals surface area contributed by atoms with Crippen LogP contribution < -0.4 is 0 Å². The highest BCUT2D eigenvalue weighted by molar-refractivity contribution is 7.95. The van der Waals surface area contributed by atoms with Crippen LogP contribution in [0.4, 0.5) is 0 Å². The van der Waals surface area contributed by atoms with Crippen molar-refractivity contribution in [3.63, 3.8) is 0 Å². The van der Waals surface area contributed by atoms with Crippen LogP contribution in [0.15, 0.2) is 0 Å². The Morgan fingerprint density at radius 3 is 2.18 bits per heavy atom. The highest BCUT2D eigenvalue weighted by Crippen LogP contribution is 1.97. The van der Waals surface area contributed by atoms with Crippen molar-refractivity contribution in [3.8, 4) is 0 Å². The lowest BCUT2D eigenvalue weighted by molar-refractivity contribution is 0.481. The largest absolute Gasteiger partial charge is 0.286 e. The van der Waals surface area contributed by atoms with Crippen LogP contribution in [0.25, 0.3) is 0 Å². The fraction of sp³-hybridized carbons (Fsp3) is 1.00. The van der Waals surface area contributed by atoms with Crippen molar-refractivity contribution >= 4 is 21.0 Å². The van der Waals surface area contributed by atoms with Crippen LogP contribution in [-0.2, 0) is 21.0 Å². The Labute approximate surface area is 71.3 Å². The predicted octanol–water partition coefficient (Wildman–Crippen LogP) is 0.532. The average molecular weight is 199 g/mol. The summed E-state index contributed by atoms with van der Waals surface area (Å²) in [5.74, 6) is 0.958. The maximum atomic E-state index is 10.2. The Hall–Kier alpha value is 0.260. The second kappa shape index (κ2) is 5.00. The van der Waals surface area contributed by atoms with Gasteiger partial charge in [0.15, 0.2) is 0 Å². The van der Waals surface area contributed by atoms with Crippen molar-refractivity contribution in [1.29, 1.82) is 0 Å². The quantitative estimate of drug-likeness (QED) is 0.399. The molecule has 68 valence electrons. The third-order valence-corrected chi connectivity index (χ3v) is 3.11.